The molecule has 0 amide bonds. The molecule has 1 aliphatic rings. The zero-order chi connectivity index (χ0) is 11.5. The third-order valence-electron chi connectivity index (χ3n) is 3.25. The molecule has 2 unspecified atom stereocenters. The van der Waals surface area contributed by atoms with Gasteiger partial charge in [-0.3, -0.25) is 4.98 Å². The van der Waals surface area contributed by atoms with E-state index in [1.165, 1.54) is 19.0 Å². The summed E-state index contributed by atoms with van der Waals surface area (Å²) in [4.78, 5) is 14.8. The quantitative estimate of drug-likeness (QED) is 0.821. The zero-order valence-corrected chi connectivity index (χ0v) is 9.31. The monoisotopic (exact) mass is 220 g/mol. The molecule has 1 saturated carbocycles. The number of carboxylic acid groups (broad SMARTS) is 1. The summed E-state index contributed by atoms with van der Waals surface area (Å²) in [7, 11) is 0. The van der Waals surface area contributed by atoms with Gasteiger partial charge in [0.25, 0.3) is 0 Å². The maximum atomic E-state index is 11.0. The summed E-state index contributed by atoms with van der Waals surface area (Å²) >= 11 is 0. The van der Waals surface area contributed by atoms with Gasteiger partial charge in [-0.05, 0) is 24.8 Å². The van der Waals surface area contributed by atoms with Crippen molar-refractivity contribution in [2.24, 2.45) is 5.92 Å². The molecule has 0 radical (unpaired) electrons. The highest BCUT2D eigenvalue weighted by molar-refractivity contribution is 5.93. The number of anilines is 1. The summed E-state index contributed by atoms with van der Waals surface area (Å²) in [5.74, 6) is -0.323. The van der Waals surface area contributed by atoms with E-state index >= 15 is 0 Å². The Bertz CT molecular complexity index is 392. The number of rotatable bonds is 3. The molecule has 0 saturated heterocycles. The number of carbonyl (C=O) groups is 1. The molecule has 0 spiro atoms. The van der Waals surface area contributed by atoms with Crippen molar-refractivity contribution in [3.8, 4) is 0 Å². The van der Waals surface area contributed by atoms with Crippen molar-refractivity contribution < 1.29 is 9.90 Å². The van der Waals surface area contributed by atoms with Crippen molar-refractivity contribution in [1.82, 2.24) is 4.98 Å². The molecule has 1 aliphatic carbocycles. The van der Waals surface area contributed by atoms with Crippen LogP contribution in [0.15, 0.2) is 18.5 Å². The molecule has 2 atom stereocenters. The molecular formula is C12H16N2O2. The van der Waals surface area contributed by atoms with E-state index in [-0.39, 0.29) is 5.56 Å². The van der Waals surface area contributed by atoms with E-state index in [2.05, 4.69) is 17.2 Å². The van der Waals surface area contributed by atoms with Crippen LogP contribution in [-0.2, 0) is 0 Å². The maximum Gasteiger partial charge on any atom is 0.339 e. The van der Waals surface area contributed by atoms with E-state index in [0.717, 1.165) is 6.42 Å². The highest BCUT2D eigenvalue weighted by Gasteiger charge is 2.24. The molecular weight excluding hydrogens is 204 g/mol. The first-order chi connectivity index (χ1) is 7.68. The summed E-state index contributed by atoms with van der Waals surface area (Å²) < 4.78 is 0. The van der Waals surface area contributed by atoms with Gasteiger partial charge in [0.15, 0.2) is 0 Å². The highest BCUT2D eigenvalue weighted by atomic mass is 16.4. The van der Waals surface area contributed by atoms with Gasteiger partial charge < -0.3 is 10.4 Å². The first kappa shape index (κ1) is 10.9. The minimum Gasteiger partial charge on any atom is -0.478 e. The van der Waals surface area contributed by atoms with Crippen LogP contribution in [0.25, 0.3) is 0 Å². The lowest BCUT2D eigenvalue weighted by Crippen LogP contribution is -2.23. The largest absolute Gasteiger partial charge is 0.478 e. The summed E-state index contributed by atoms with van der Waals surface area (Å²) in [5.41, 5.74) is 0.933. The average Bonchev–Trinajstić information content (AvgIpc) is 2.65. The summed E-state index contributed by atoms with van der Waals surface area (Å²) in [6, 6.07) is 2.12. The van der Waals surface area contributed by atoms with Crippen LogP contribution in [0.5, 0.6) is 0 Å². The number of nitrogens with zero attached hydrogens (tertiary/aromatic N) is 1. The van der Waals surface area contributed by atoms with Crippen LogP contribution in [0.3, 0.4) is 0 Å². The second-order valence-corrected chi connectivity index (χ2v) is 4.39. The first-order valence-electron chi connectivity index (χ1n) is 5.62. The number of hydrogen-bond acceptors (Lipinski definition) is 3. The van der Waals surface area contributed by atoms with Gasteiger partial charge in [-0.25, -0.2) is 4.79 Å². The molecule has 1 aromatic rings. The van der Waals surface area contributed by atoms with Crippen LogP contribution in [-0.4, -0.2) is 22.1 Å². The molecule has 1 heterocycles. The van der Waals surface area contributed by atoms with Gasteiger partial charge >= 0.3 is 5.97 Å². The molecule has 2 rings (SSSR count). The molecule has 1 fully saturated rings. The Labute approximate surface area is 94.7 Å². The van der Waals surface area contributed by atoms with Crippen molar-refractivity contribution >= 4 is 11.7 Å². The number of aromatic carboxylic acids is 1. The SMILES string of the molecule is CC1CCCC1Nc1ccncc1C(=O)O. The summed E-state index contributed by atoms with van der Waals surface area (Å²) in [6.45, 7) is 2.20. The lowest BCUT2D eigenvalue weighted by molar-refractivity contribution is 0.0697. The Morgan fingerprint density at radius 2 is 2.38 bits per heavy atom. The predicted octanol–water partition coefficient (Wildman–Crippen LogP) is 2.38. The van der Waals surface area contributed by atoms with E-state index in [9.17, 15) is 4.79 Å². The van der Waals surface area contributed by atoms with E-state index in [1.54, 1.807) is 12.3 Å². The minimum atomic E-state index is -0.929. The Hall–Kier alpha value is -1.58. The molecule has 0 bridgehead atoms. The predicted molar refractivity (Wildman–Crippen MR) is 61.6 cm³/mol. The van der Waals surface area contributed by atoms with Crippen molar-refractivity contribution in [2.45, 2.75) is 32.2 Å². The molecule has 0 aliphatic heterocycles. The molecule has 1 aromatic heterocycles. The van der Waals surface area contributed by atoms with Gasteiger partial charge in [-0.15, -0.1) is 0 Å². The van der Waals surface area contributed by atoms with E-state index in [0.29, 0.717) is 17.6 Å². The zero-order valence-electron chi connectivity index (χ0n) is 9.31. The number of nitrogens with one attached hydrogen (secondary N) is 1. The maximum absolute atomic E-state index is 11.0. The van der Waals surface area contributed by atoms with Crippen molar-refractivity contribution in [3.05, 3.63) is 24.0 Å². The van der Waals surface area contributed by atoms with Crippen LogP contribution in [0.4, 0.5) is 5.69 Å². The molecule has 0 aromatic carbocycles. The first-order valence-corrected chi connectivity index (χ1v) is 5.62. The Balaban J connectivity index is 2.17. The molecule has 16 heavy (non-hydrogen) atoms. The molecule has 2 N–H and O–H groups in total. The van der Waals surface area contributed by atoms with E-state index in [4.69, 9.17) is 5.11 Å². The fourth-order valence-electron chi connectivity index (χ4n) is 2.25. The number of hydrogen-bond donors (Lipinski definition) is 2. The second kappa shape index (κ2) is 4.51. The fraction of sp³-hybridized carbons (Fsp3) is 0.500. The fourth-order valence-corrected chi connectivity index (χ4v) is 2.25. The third-order valence-corrected chi connectivity index (χ3v) is 3.25. The average molecular weight is 220 g/mol. The van der Waals surface area contributed by atoms with Crippen molar-refractivity contribution in [3.63, 3.8) is 0 Å². The smallest absolute Gasteiger partial charge is 0.339 e. The van der Waals surface area contributed by atoms with E-state index < -0.39 is 5.97 Å². The van der Waals surface area contributed by atoms with Crippen LogP contribution < -0.4 is 5.32 Å². The normalized spacial score (nSPS) is 24.3. The van der Waals surface area contributed by atoms with Crippen molar-refractivity contribution in [1.29, 1.82) is 0 Å². The van der Waals surface area contributed by atoms with Crippen LogP contribution in [0, 0.1) is 5.92 Å². The standard InChI is InChI=1S/C12H16N2O2/c1-8-3-2-4-10(8)14-11-5-6-13-7-9(11)12(15)16/h5-8,10H,2-4H2,1H3,(H,13,14)(H,15,16). The lowest BCUT2D eigenvalue weighted by atomic mass is 10.1. The Kier molecular flexibility index (Phi) is 3.08. The lowest BCUT2D eigenvalue weighted by Gasteiger charge is -2.19. The van der Waals surface area contributed by atoms with Crippen LogP contribution in [0.1, 0.15) is 36.5 Å². The van der Waals surface area contributed by atoms with Gasteiger partial charge in [-0.2, -0.15) is 0 Å². The summed E-state index contributed by atoms with van der Waals surface area (Å²) in [6.07, 6.45) is 6.55. The number of aromatic nitrogens is 1. The van der Waals surface area contributed by atoms with E-state index in [1.807, 2.05) is 0 Å². The number of carboxylic acids is 1. The highest BCUT2D eigenvalue weighted by Crippen LogP contribution is 2.28. The Morgan fingerprint density at radius 1 is 1.56 bits per heavy atom. The van der Waals surface area contributed by atoms with Crippen LogP contribution >= 0.6 is 0 Å². The molecule has 4 nitrogen and oxygen atoms in total. The van der Waals surface area contributed by atoms with Gasteiger partial charge in [0.2, 0.25) is 0 Å². The Morgan fingerprint density at radius 3 is 3.00 bits per heavy atom. The van der Waals surface area contributed by atoms with Gasteiger partial charge in [0, 0.05) is 18.4 Å². The van der Waals surface area contributed by atoms with Crippen LogP contribution in [0.2, 0.25) is 0 Å². The molecule has 4 heteroatoms. The number of pyridine rings is 1. The van der Waals surface area contributed by atoms with Gasteiger partial charge in [0.1, 0.15) is 5.56 Å². The second-order valence-electron chi connectivity index (χ2n) is 4.39. The third kappa shape index (κ3) is 2.15. The van der Waals surface area contributed by atoms with Crippen molar-refractivity contribution in [2.75, 3.05) is 5.32 Å². The minimum absolute atomic E-state index is 0.251. The molecule has 86 valence electrons. The van der Waals surface area contributed by atoms with Gasteiger partial charge in [-0.1, -0.05) is 13.3 Å². The summed E-state index contributed by atoms with van der Waals surface area (Å²) in [5, 5.41) is 12.3. The van der Waals surface area contributed by atoms with Gasteiger partial charge in [0.05, 0.1) is 5.69 Å². The topological polar surface area (TPSA) is 62.2 Å².